The number of hydrogen-bond acceptors (Lipinski definition) is 6. The van der Waals surface area contributed by atoms with Gasteiger partial charge >= 0.3 is 0 Å². The van der Waals surface area contributed by atoms with Gasteiger partial charge in [-0.3, -0.25) is 9.59 Å². The normalized spacial score (nSPS) is 15.3. The van der Waals surface area contributed by atoms with E-state index < -0.39 is 21.7 Å². The van der Waals surface area contributed by atoms with Crippen molar-refractivity contribution < 1.29 is 22.4 Å². The van der Waals surface area contributed by atoms with Gasteiger partial charge in [-0.1, -0.05) is 49.6 Å². The molecule has 0 aromatic heterocycles. The molecule has 3 N–H and O–H groups in total. The van der Waals surface area contributed by atoms with Gasteiger partial charge < -0.3 is 10.6 Å². The summed E-state index contributed by atoms with van der Waals surface area (Å²) >= 11 is 4.66. The lowest BCUT2D eigenvalue weighted by Gasteiger charge is -2.27. The van der Waals surface area contributed by atoms with E-state index >= 15 is 0 Å². The van der Waals surface area contributed by atoms with Crippen LogP contribution in [0.25, 0.3) is 11.1 Å². The van der Waals surface area contributed by atoms with Gasteiger partial charge in [0, 0.05) is 49.4 Å². The van der Waals surface area contributed by atoms with Crippen molar-refractivity contribution in [3.05, 3.63) is 53.8 Å². The topological polar surface area (TPSA) is 104 Å². The van der Waals surface area contributed by atoms with Crippen LogP contribution in [0.2, 0.25) is 0 Å². The fourth-order valence-corrected chi connectivity index (χ4v) is 6.07. The van der Waals surface area contributed by atoms with E-state index in [9.17, 15) is 22.4 Å². The van der Waals surface area contributed by atoms with Crippen LogP contribution in [0.1, 0.15) is 51.0 Å². The zero-order valence-electron chi connectivity index (χ0n) is 20.4. The fraction of sp³-hybridized carbons (Fsp3) is 0.462. The van der Waals surface area contributed by atoms with E-state index in [1.807, 2.05) is 4.72 Å². The number of hydrogen-bond donors (Lipinski definition) is 4. The minimum atomic E-state index is -4.08. The molecule has 0 heterocycles. The van der Waals surface area contributed by atoms with E-state index in [-0.39, 0.29) is 34.6 Å². The number of carbonyl (C=O) groups excluding carboxylic acids is 2. The summed E-state index contributed by atoms with van der Waals surface area (Å²) in [6.45, 7) is 2.29. The van der Waals surface area contributed by atoms with Gasteiger partial charge in [0.2, 0.25) is 11.8 Å². The Hall–Kier alpha value is -2.43. The quantitative estimate of drug-likeness (QED) is 0.259. The van der Waals surface area contributed by atoms with Crippen molar-refractivity contribution in [2.75, 3.05) is 13.1 Å². The van der Waals surface area contributed by atoms with E-state index in [1.54, 1.807) is 24.3 Å². The summed E-state index contributed by atoms with van der Waals surface area (Å²) in [6, 6.07) is 10.6. The molecule has 2 aromatic carbocycles. The van der Waals surface area contributed by atoms with Gasteiger partial charge in [0.05, 0.1) is 4.90 Å². The number of rotatable bonds is 11. The third-order valence-corrected chi connectivity index (χ3v) is 8.46. The molecule has 2 amide bonds. The lowest BCUT2D eigenvalue weighted by Crippen LogP contribution is -2.35. The van der Waals surface area contributed by atoms with E-state index in [4.69, 9.17) is 0 Å². The average Bonchev–Trinajstić information content (AvgIpc) is 2.85. The molecule has 10 heteroatoms. The summed E-state index contributed by atoms with van der Waals surface area (Å²) in [5, 5.41) is 6.19. The first kappa shape index (κ1) is 28.1. The zero-order valence-corrected chi connectivity index (χ0v) is 22.1. The third kappa shape index (κ3) is 8.04. The Morgan fingerprint density at radius 1 is 1.11 bits per heavy atom. The summed E-state index contributed by atoms with van der Waals surface area (Å²) in [7, 11) is -4.08. The molecule has 0 saturated heterocycles. The highest BCUT2D eigenvalue weighted by molar-refractivity contribution is 7.90. The fourth-order valence-electron chi connectivity index (χ4n) is 4.46. The molecule has 1 aliphatic rings. The largest absolute Gasteiger partial charge is 0.355 e. The van der Waals surface area contributed by atoms with Crippen LogP contribution >= 0.6 is 12.6 Å². The van der Waals surface area contributed by atoms with E-state index in [2.05, 4.69) is 23.3 Å². The number of carbonyl (C=O) groups is 2. The minimum absolute atomic E-state index is 0.0647. The molecule has 1 aliphatic carbocycles. The Balaban J connectivity index is 1.51. The molecular weight excluding hydrogens is 501 g/mol. The maximum absolute atomic E-state index is 14.8. The summed E-state index contributed by atoms with van der Waals surface area (Å²) in [4.78, 5) is 23.3. The second-order valence-corrected chi connectivity index (χ2v) is 11.5. The molecule has 0 unspecified atom stereocenters. The predicted molar refractivity (Wildman–Crippen MR) is 142 cm³/mol. The molecule has 3 rings (SSSR count). The molecule has 0 aliphatic heterocycles. The summed E-state index contributed by atoms with van der Waals surface area (Å²) in [5.41, 5.74) is 1.06. The molecule has 36 heavy (non-hydrogen) atoms. The van der Waals surface area contributed by atoms with Crippen LogP contribution in [-0.4, -0.2) is 38.6 Å². The Labute approximate surface area is 218 Å². The zero-order chi connectivity index (χ0) is 26.1. The van der Waals surface area contributed by atoms with Crippen molar-refractivity contribution in [3.8, 4) is 11.1 Å². The Morgan fingerprint density at radius 3 is 2.53 bits per heavy atom. The Morgan fingerprint density at radius 2 is 1.83 bits per heavy atom. The van der Waals surface area contributed by atoms with Crippen molar-refractivity contribution in [1.29, 1.82) is 0 Å². The predicted octanol–water partition coefficient (Wildman–Crippen LogP) is 3.79. The average molecular weight is 536 g/mol. The highest BCUT2D eigenvalue weighted by Gasteiger charge is 2.22. The highest BCUT2D eigenvalue weighted by Crippen LogP contribution is 2.29. The van der Waals surface area contributed by atoms with Gasteiger partial charge in [-0.05, 0) is 36.5 Å². The Bertz CT molecular complexity index is 1170. The lowest BCUT2D eigenvalue weighted by molar-refractivity contribution is -0.121. The van der Waals surface area contributed by atoms with Crippen molar-refractivity contribution >= 4 is 34.5 Å². The number of thiol groups is 1. The van der Waals surface area contributed by atoms with Gasteiger partial charge in [-0.25, -0.2) is 17.5 Å². The third-order valence-electron chi connectivity index (χ3n) is 6.37. The molecule has 1 atom stereocenters. The maximum Gasteiger partial charge on any atom is 0.264 e. The lowest BCUT2D eigenvalue weighted by atomic mass is 9.86. The first-order chi connectivity index (χ1) is 17.2. The van der Waals surface area contributed by atoms with E-state index in [1.165, 1.54) is 50.3 Å². The monoisotopic (exact) mass is 535 g/mol. The number of sulfonamides is 1. The number of amides is 2. The van der Waals surface area contributed by atoms with E-state index in [0.717, 1.165) is 6.92 Å². The summed E-state index contributed by atoms with van der Waals surface area (Å²) in [5.74, 6) is -0.712. The summed E-state index contributed by atoms with van der Waals surface area (Å²) < 4.78 is 41.8. The molecule has 7 nitrogen and oxygen atoms in total. The van der Waals surface area contributed by atoms with Crippen LogP contribution in [0.4, 0.5) is 4.39 Å². The van der Waals surface area contributed by atoms with Crippen molar-refractivity contribution in [3.63, 3.8) is 0 Å². The van der Waals surface area contributed by atoms with Crippen LogP contribution in [0.15, 0.2) is 47.4 Å². The second-order valence-electron chi connectivity index (χ2n) is 9.16. The highest BCUT2D eigenvalue weighted by atomic mass is 32.2. The van der Waals surface area contributed by atoms with Crippen LogP contribution in [0, 0.1) is 11.7 Å². The summed E-state index contributed by atoms with van der Waals surface area (Å²) in [6.07, 6.45) is 6.38. The minimum Gasteiger partial charge on any atom is -0.355 e. The van der Waals surface area contributed by atoms with Crippen molar-refractivity contribution in [2.45, 2.75) is 62.1 Å². The van der Waals surface area contributed by atoms with Gasteiger partial charge in [0.25, 0.3) is 10.0 Å². The molecular formula is C26H34FN3O4S2. The Kier molecular flexibility index (Phi) is 10.3. The molecule has 2 aromatic rings. The SMILES string of the molecule is CC(=O)NS(=O)(=O)c1ccccc1-c1ccc(CNCCC(=O)NC[C@H](S)C2CCCCC2)c(F)c1. The molecule has 1 fully saturated rings. The number of halogens is 1. The van der Waals surface area contributed by atoms with Gasteiger partial charge in [0.1, 0.15) is 5.82 Å². The van der Waals surface area contributed by atoms with Crippen LogP contribution < -0.4 is 15.4 Å². The first-order valence-electron chi connectivity index (χ1n) is 12.2. The van der Waals surface area contributed by atoms with Gasteiger partial charge in [-0.2, -0.15) is 12.6 Å². The molecule has 0 spiro atoms. The number of nitrogens with one attached hydrogen (secondary N) is 3. The smallest absolute Gasteiger partial charge is 0.264 e. The second kappa shape index (κ2) is 13.2. The van der Waals surface area contributed by atoms with Crippen LogP contribution in [0.3, 0.4) is 0 Å². The van der Waals surface area contributed by atoms with Crippen LogP contribution in [-0.2, 0) is 26.2 Å². The standard InChI is InChI=1S/C26H34FN3O4S2/c1-18(31)30-36(33,34)25-10-6-5-9-22(25)20-11-12-21(23(27)15-20)16-28-14-13-26(32)29-17-24(35)19-7-3-2-4-8-19/h5-6,9-12,15,19,24,28,35H,2-4,7-8,13-14,16-17H2,1H3,(H,29,32)(H,30,31)/t24-/m0/s1. The molecule has 1 saturated carbocycles. The van der Waals surface area contributed by atoms with Gasteiger partial charge in [-0.15, -0.1) is 0 Å². The molecule has 196 valence electrons. The van der Waals surface area contributed by atoms with E-state index in [0.29, 0.717) is 30.1 Å². The number of benzene rings is 2. The van der Waals surface area contributed by atoms with Crippen molar-refractivity contribution in [1.82, 2.24) is 15.4 Å². The molecule has 0 radical (unpaired) electrons. The first-order valence-corrected chi connectivity index (χ1v) is 14.2. The van der Waals surface area contributed by atoms with Gasteiger partial charge in [0.15, 0.2) is 0 Å². The molecule has 0 bridgehead atoms. The van der Waals surface area contributed by atoms with Crippen molar-refractivity contribution in [2.24, 2.45) is 5.92 Å². The maximum atomic E-state index is 14.8. The van der Waals surface area contributed by atoms with Crippen LogP contribution in [0.5, 0.6) is 0 Å².